The van der Waals surface area contributed by atoms with Gasteiger partial charge in [-0.25, -0.2) is 4.98 Å². The standard InChI is InChI=1S/C8H11ClN2OS/c9-7-3-2-6(10)8(11-7)13-5-1-4-12/h2-3,12H,1,4-5,10H2. The van der Waals surface area contributed by atoms with Gasteiger partial charge in [0.05, 0.1) is 5.69 Å². The lowest BCUT2D eigenvalue weighted by molar-refractivity contribution is 0.296. The first-order chi connectivity index (χ1) is 6.24. The number of aromatic nitrogens is 1. The van der Waals surface area contributed by atoms with Crippen LogP contribution in [-0.2, 0) is 0 Å². The zero-order valence-corrected chi connectivity index (χ0v) is 8.61. The Morgan fingerprint density at radius 2 is 2.31 bits per heavy atom. The molecule has 5 heteroatoms. The summed E-state index contributed by atoms with van der Waals surface area (Å²) in [6.07, 6.45) is 0.734. The molecule has 0 spiro atoms. The number of aliphatic hydroxyl groups excluding tert-OH is 1. The van der Waals surface area contributed by atoms with Crippen molar-refractivity contribution in [3.8, 4) is 0 Å². The van der Waals surface area contributed by atoms with Crippen LogP contribution in [0.25, 0.3) is 0 Å². The smallest absolute Gasteiger partial charge is 0.130 e. The maximum Gasteiger partial charge on any atom is 0.130 e. The summed E-state index contributed by atoms with van der Waals surface area (Å²) < 4.78 is 0. The molecule has 72 valence electrons. The number of hydrogen-bond acceptors (Lipinski definition) is 4. The van der Waals surface area contributed by atoms with E-state index in [1.54, 1.807) is 12.1 Å². The minimum absolute atomic E-state index is 0.188. The number of pyridine rings is 1. The number of halogens is 1. The molecule has 1 aromatic rings. The van der Waals surface area contributed by atoms with Crippen LogP contribution in [-0.4, -0.2) is 22.5 Å². The van der Waals surface area contributed by atoms with Gasteiger partial charge in [0.1, 0.15) is 10.2 Å². The number of nitrogens with zero attached hydrogens (tertiary/aromatic N) is 1. The third-order valence-electron chi connectivity index (χ3n) is 1.40. The number of anilines is 1. The largest absolute Gasteiger partial charge is 0.397 e. The highest BCUT2D eigenvalue weighted by Gasteiger charge is 2.01. The Kier molecular flexibility index (Phi) is 4.35. The van der Waals surface area contributed by atoms with Crippen molar-refractivity contribution in [2.24, 2.45) is 0 Å². The average Bonchev–Trinajstić information content (AvgIpc) is 2.11. The van der Waals surface area contributed by atoms with Gasteiger partial charge in [0, 0.05) is 12.4 Å². The van der Waals surface area contributed by atoms with Crippen molar-refractivity contribution in [3.05, 3.63) is 17.3 Å². The first kappa shape index (κ1) is 10.6. The summed E-state index contributed by atoms with van der Waals surface area (Å²) in [5.74, 6) is 0.800. The fraction of sp³-hybridized carbons (Fsp3) is 0.375. The lowest BCUT2D eigenvalue weighted by Gasteiger charge is -2.03. The predicted molar refractivity (Wildman–Crippen MR) is 56.1 cm³/mol. The Morgan fingerprint density at radius 1 is 1.54 bits per heavy atom. The Bertz CT molecular complexity index is 283. The molecule has 0 aliphatic heterocycles. The fourth-order valence-electron chi connectivity index (χ4n) is 0.778. The van der Waals surface area contributed by atoms with Crippen molar-refractivity contribution >= 4 is 29.1 Å². The highest BCUT2D eigenvalue weighted by Crippen LogP contribution is 2.24. The van der Waals surface area contributed by atoms with Gasteiger partial charge in [-0.2, -0.15) is 0 Å². The van der Waals surface area contributed by atoms with Gasteiger partial charge in [0.15, 0.2) is 0 Å². The molecule has 0 aliphatic rings. The highest BCUT2D eigenvalue weighted by molar-refractivity contribution is 7.99. The van der Waals surface area contributed by atoms with Crippen LogP contribution in [0.5, 0.6) is 0 Å². The molecule has 1 heterocycles. The molecule has 0 unspecified atom stereocenters. The summed E-state index contributed by atoms with van der Waals surface area (Å²) in [6.45, 7) is 0.188. The Hall–Kier alpha value is -0.450. The Balaban J connectivity index is 2.59. The molecule has 13 heavy (non-hydrogen) atoms. The van der Waals surface area contributed by atoms with Gasteiger partial charge in [-0.15, -0.1) is 11.8 Å². The third-order valence-corrected chi connectivity index (χ3v) is 2.70. The van der Waals surface area contributed by atoms with Crippen LogP contribution in [0.2, 0.25) is 5.15 Å². The molecule has 0 aromatic carbocycles. The van der Waals surface area contributed by atoms with E-state index in [1.807, 2.05) is 0 Å². The second kappa shape index (κ2) is 5.32. The van der Waals surface area contributed by atoms with Crippen molar-refractivity contribution in [2.45, 2.75) is 11.4 Å². The monoisotopic (exact) mass is 218 g/mol. The summed E-state index contributed by atoms with van der Waals surface area (Å²) in [4.78, 5) is 4.07. The Labute approximate surface area is 86.3 Å². The van der Waals surface area contributed by atoms with Crippen molar-refractivity contribution in [3.63, 3.8) is 0 Å². The SMILES string of the molecule is Nc1ccc(Cl)nc1SCCCO. The van der Waals surface area contributed by atoms with E-state index in [2.05, 4.69) is 4.98 Å². The number of thioether (sulfide) groups is 1. The summed E-state index contributed by atoms with van der Waals surface area (Å²) in [5, 5.41) is 9.76. The van der Waals surface area contributed by atoms with Crippen LogP contribution in [0.3, 0.4) is 0 Å². The maximum absolute atomic E-state index is 8.58. The topological polar surface area (TPSA) is 59.1 Å². The van der Waals surface area contributed by atoms with Crippen molar-refractivity contribution in [2.75, 3.05) is 18.1 Å². The van der Waals surface area contributed by atoms with Crippen molar-refractivity contribution < 1.29 is 5.11 Å². The molecule has 0 radical (unpaired) electrons. The molecule has 0 aliphatic carbocycles. The van der Waals surface area contributed by atoms with E-state index >= 15 is 0 Å². The first-order valence-corrected chi connectivity index (χ1v) is 5.26. The van der Waals surface area contributed by atoms with Gasteiger partial charge in [-0.05, 0) is 18.6 Å². The molecule has 3 N–H and O–H groups in total. The summed E-state index contributed by atoms with van der Waals surface area (Å²) >= 11 is 7.21. The van der Waals surface area contributed by atoms with Crippen LogP contribution >= 0.6 is 23.4 Å². The lowest BCUT2D eigenvalue weighted by atomic mass is 10.4. The summed E-state index contributed by atoms with van der Waals surface area (Å²) in [7, 11) is 0. The molecule has 0 amide bonds. The normalized spacial score (nSPS) is 10.3. The van der Waals surface area contributed by atoms with E-state index in [4.69, 9.17) is 22.4 Å². The zero-order valence-electron chi connectivity index (χ0n) is 7.03. The van der Waals surface area contributed by atoms with E-state index in [1.165, 1.54) is 11.8 Å². The number of nitrogens with two attached hydrogens (primary N) is 1. The molecule has 0 saturated heterocycles. The van der Waals surface area contributed by atoms with E-state index in [-0.39, 0.29) is 6.61 Å². The van der Waals surface area contributed by atoms with E-state index in [0.717, 1.165) is 17.2 Å². The molecule has 3 nitrogen and oxygen atoms in total. The molecule has 0 fully saturated rings. The molecule has 1 aromatic heterocycles. The molecule has 0 saturated carbocycles. The van der Waals surface area contributed by atoms with Crippen molar-refractivity contribution in [1.29, 1.82) is 0 Å². The van der Waals surface area contributed by atoms with Gasteiger partial charge in [-0.1, -0.05) is 11.6 Å². The van der Waals surface area contributed by atoms with Gasteiger partial charge < -0.3 is 10.8 Å². The number of hydrogen-bond donors (Lipinski definition) is 2. The summed E-state index contributed by atoms with van der Waals surface area (Å²) in [5.41, 5.74) is 6.30. The van der Waals surface area contributed by atoms with E-state index in [9.17, 15) is 0 Å². The molecular formula is C8H11ClN2OS. The number of aliphatic hydroxyl groups is 1. The van der Waals surface area contributed by atoms with E-state index in [0.29, 0.717) is 10.8 Å². The second-order valence-corrected chi connectivity index (χ2v) is 3.92. The van der Waals surface area contributed by atoms with E-state index < -0.39 is 0 Å². The average molecular weight is 219 g/mol. The minimum Gasteiger partial charge on any atom is -0.397 e. The van der Waals surface area contributed by atoms with Crippen LogP contribution < -0.4 is 5.73 Å². The van der Waals surface area contributed by atoms with Crippen molar-refractivity contribution in [1.82, 2.24) is 4.98 Å². The maximum atomic E-state index is 8.58. The molecule has 1 rings (SSSR count). The van der Waals surface area contributed by atoms with Crippen LogP contribution in [0.15, 0.2) is 17.2 Å². The first-order valence-electron chi connectivity index (χ1n) is 3.89. The molecular weight excluding hydrogens is 208 g/mol. The summed E-state index contributed by atoms with van der Waals surface area (Å²) in [6, 6.07) is 3.39. The third kappa shape index (κ3) is 3.42. The zero-order chi connectivity index (χ0) is 9.68. The number of rotatable bonds is 4. The quantitative estimate of drug-likeness (QED) is 0.460. The van der Waals surface area contributed by atoms with Crippen LogP contribution in [0.4, 0.5) is 5.69 Å². The fourth-order valence-corrected chi connectivity index (χ4v) is 1.84. The highest BCUT2D eigenvalue weighted by atomic mass is 35.5. The lowest BCUT2D eigenvalue weighted by Crippen LogP contribution is -1.93. The van der Waals surface area contributed by atoms with Crippen LogP contribution in [0, 0.1) is 0 Å². The van der Waals surface area contributed by atoms with Gasteiger partial charge in [0.2, 0.25) is 0 Å². The van der Waals surface area contributed by atoms with Gasteiger partial charge in [0.25, 0.3) is 0 Å². The second-order valence-electron chi connectivity index (χ2n) is 2.45. The number of nitrogen functional groups attached to an aromatic ring is 1. The minimum atomic E-state index is 0.188. The van der Waals surface area contributed by atoms with Crippen LogP contribution in [0.1, 0.15) is 6.42 Å². The molecule has 0 bridgehead atoms. The van der Waals surface area contributed by atoms with Gasteiger partial charge >= 0.3 is 0 Å². The van der Waals surface area contributed by atoms with Gasteiger partial charge in [-0.3, -0.25) is 0 Å². The molecule has 0 atom stereocenters. The Morgan fingerprint density at radius 3 is 3.00 bits per heavy atom. The predicted octanol–water partition coefficient (Wildman–Crippen LogP) is 1.79.